The molecule has 0 nitrogen and oxygen atoms in total. The SMILES string of the molecule is CC([18F])Br. The zero-order valence-corrected chi connectivity index (χ0v) is 3.92. The molecule has 1 unspecified atom stereocenters. The van der Waals surface area contributed by atoms with Crippen LogP contribution in [-0.4, -0.2) is 5.08 Å². The predicted molar refractivity (Wildman–Crippen MR) is 19.5 cm³/mol. The fourth-order valence-corrected chi connectivity index (χ4v) is 0. The number of halogens is 2. The Bertz CT molecular complexity index is 10.8. The molecule has 0 heterocycles. The van der Waals surface area contributed by atoms with Crippen LogP contribution in [0.5, 0.6) is 0 Å². The lowest BCUT2D eigenvalue weighted by molar-refractivity contribution is 0.492. The molecule has 26 valence electrons. The summed E-state index contributed by atoms with van der Waals surface area (Å²) in [5.74, 6) is 0. The summed E-state index contributed by atoms with van der Waals surface area (Å²) >= 11 is 2.60. The van der Waals surface area contributed by atoms with Gasteiger partial charge in [-0.3, -0.25) is 0 Å². The number of alkyl halides is 2. The number of hydrogen-bond acceptors (Lipinski definition) is 0. The molecule has 0 bridgehead atoms. The van der Waals surface area contributed by atoms with Crippen molar-refractivity contribution in [2.45, 2.75) is 12.0 Å². The standard InChI is InChI=1S/C2H4BrF/c1-2(3)4/h2H,1H3/i4-1. The van der Waals surface area contributed by atoms with Crippen LogP contribution in [0.1, 0.15) is 6.92 Å². The normalized spacial score (nSPS) is 15.8. The maximum atomic E-state index is 10.9. The smallest absolute Gasteiger partial charge is 0.152 e. The molecule has 0 aliphatic rings. The molecule has 0 aromatic rings. The van der Waals surface area contributed by atoms with Crippen molar-refractivity contribution < 1.29 is 4.39 Å². The van der Waals surface area contributed by atoms with Crippen molar-refractivity contribution in [1.29, 1.82) is 0 Å². The van der Waals surface area contributed by atoms with Crippen LogP contribution in [-0.2, 0) is 0 Å². The fraction of sp³-hybridized carbons (Fsp3) is 1.00. The third-order valence-electron chi connectivity index (χ3n) is 0. The Kier molecular flexibility index (Phi) is 1.88. The third-order valence-corrected chi connectivity index (χ3v) is 0. The Morgan fingerprint density at radius 1 is 2.00 bits per heavy atom. The summed E-state index contributed by atoms with van der Waals surface area (Å²) in [4.78, 5) is 0. The van der Waals surface area contributed by atoms with Gasteiger partial charge in [0.15, 0.2) is 5.08 Å². The van der Waals surface area contributed by atoms with Gasteiger partial charge < -0.3 is 0 Å². The molecule has 0 radical (unpaired) electrons. The van der Waals surface area contributed by atoms with E-state index in [-0.39, 0.29) is 0 Å². The summed E-state index contributed by atoms with van der Waals surface area (Å²) < 4.78 is 10.9. The molecular formula is C2H4BrF. The van der Waals surface area contributed by atoms with Crippen molar-refractivity contribution in [3.05, 3.63) is 0 Å². The summed E-state index contributed by atoms with van der Waals surface area (Å²) in [7, 11) is 0. The van der Waals surface area contributed by atoms with Crippen LogP contribution in [0.25, 0.3) is 0 Å². The van der Waals surface area contributed by atoms with Gasteiger partial charge in [-0.2, -0.15) is 0 Å². The van der Waals surface area contributed by atoms with E-state index < -0.39 is 5.08 Å². The molecule has 0 rings (SSSR count). The van der Waals surface area contributed by atoms with Gasteiger partial charge >= 0.3 is 0 Å². The highest BCUT2D eigenvalue weighted by atomic mass is 79.9. The lowest BCUT2D eigenvalue weighted by Crippen LogP contribution is -1.65. The lowest BCUT2D eigenvalue weighted by atomic mass is 10.9. The minimum atomic E-state index is -0.854. The molecule has 0 aliphatic heterocycles. The topological polar surface area (TPSA) is 0 Å². The van der Waals surface area contributed by atoms with Gasteiger partial charge in [0.1, 0.15) is 0 Å². The second kappa shape index (κ2) is 1.70. The zero-order valence-electron chi connectivity index (χ0n) is 2.33. The molecule has 0 N–H and O–H groups in total. The van der Waals surface area contributed by atoms with Crippen LogP contribution < -0.4 is 0 Å². The number of hydrogen-bond donors (Lipinski definition) is 0. The highest BCUT2D eigenvalue weighted by molar-refractivity contribution is 9.09. The molecular weight excluding hydrogens is 122 g/mol. The Hall–Kier alpha value is 0.410. The van der Waals surface area contributed by atoms with E-state index in [0.717, 1.165) is 0 Å². The fourth-order valence-electron chi connectivity index (χ4n) is 0. The van der Waals surface area contributed by atoms with E-state index in [1.807, 2.05) is 0 Å². The van der Waals surface area contributed by atoms with Crippen molar-refractivity contribution in [2.24, 2.45) is 0 Å². The molecule has 0 amide bonds. The summed E-state index contributed by atoms with van der Waals surface area (Å²) in [6.45, 7) is 1.42. The molecule has 0 aromatic heterocycles. The van der Waals surface area contributed by atoms with Gasteiger partial charge in [-0.05, 0) is 6.92 Å². The largest absolute Gasteiger partial charge is 0.235 e. The summed E-state index contributed by atoms with van der Waals surface area (Å²) in [5, 5.41) is -0.854. The Morgan fingerprint density at radius 3 is 2.00 bits per heavy atom. The zero-order chi connectivity index (χ0) is 3.58. The van der Waals surface area contributed by atoms with Crippen LogP contribution >= 0.6 is 15.9 Å². The molecule has 0 fully saturated rings. The Balaban J connectivity index is 2.32. The van der Waals surface area contributed by atoms with Crippen LogP contribution in [0.4, 0.5) is 4.39 Å². The van der Waals surface area contributed by atoms with Crippen molar-refractivity contribution in [1.82, 2.24) is 0 Å². The minimum absolute atomic E-state index is 0.854. The van der Waals surface area contributed by atoms with Crippen molar-refractivity contribution in [3.8, 4) is 0 Å². The predicted octanol–water partition coefficient (Wildman–Crippen LogP) is 1.70. The Labute approximate surface area is 33.1 Å². The van der Waals surface area contributed by atoms with Gasteiger partial charge in [0.25, 0.3) is 0 Å². The van der Waals surface area contributed by atoms with E-state index in [1.54, 1.807) is 0 Å². The maximum Gasteiger partial charge on any atom is 0.152 e. The minimum Gasteiger partial charge on any atom is -0.235 e. The highest BCUT2D eigenvalue weighted by Crippen LogP contribution is 1.93. The van der Waals surface area contributed by atoms with Gasteiger partial charge in [-0.1, -0.05) is 15.9 Å². The van der Waals surface area contributed by atoms with Crippen LogP contribution in [0.15, 0.2) is 0 Å². The van der Waals surface area contributed by atoms with Gasteiger partial charge in [0.05, 0.1) is 0 Å². The molecule has 0 aliphatic carbocycles. The average molecular weight is 126 g/mol. The molecule has 0 saturated heterocycles. The van der Waals surface area contributed by atoms with Crippen molar-refractivity contribution >= 4 is 15.9 Å². The molecule has 0 saturated carbocycles. The quantitative estimate of drug-likeness (QED) is 0.433. The van der Waals surface area contributed by atoms with Gasteiger partial charge in [-0.25, -0.2) is 4.39 Å². The molecule has 0 aromatic carbocycles. The summed E-state index contributed by atoms with van der Waals surface area (Å²) in [6.07, 6.45) is 0. The van der Waals surface area contributed by atoms with E-state index in [2.05, 4.69) is 15.9 Å². The van der Waals surface area contributed by atoms with E-state index >= 15 is 0 Å². The highest BCUT2D eigenvalue weighted by Gasteiger charge is 1.76. The first-order valence-electron chi connectivity index (χ1n) is 1.01. The lowest BCUT2D eigenvalue weighted by Gasteiger charge is -1.71. The monoisotopic (exact) mass is 125 g/mol. The van der Waals surface area contributed by atoms with Gasteiger partial charge in [0, 0.05) is 0 Å². The van der Waals surface area contributed by atoms with Gasteiger partial charge in [-0.15, -0.1) is 0 Å². The third kappa shape index (κ3) is 28.5. The van der Waals surface area contributed by atoms with Crippen LogP contribution in [0.3, 0.4) is 0 Å². The first kappa shape index (κ1) is 4.41. The van der Waals surface area contributed by atoms with E-state index in [9.17, 15) is 4.39 Å². The molecule has 0 spiro atoms. The van der Waals surface area contributed by atoms with Crippen LogP contribution in [0, 0.1) is 0 Å². The summed E-state index contributed by atoms with van der Waals surface area (Å²) in [5.41, 5.74) is 0. The average Bonchev–Trinajstić information content (AvgIpc) is 0.811. The van der Waals surface area contributed by atoms with E-state index in [0.29, 0.717) is 0 Å². The van der Waals surface area contributed by atoms with Crippen LogP contribution in [0.2, 0.25) is 0 Å². The summed E-state index contributed by atoms with van der Waals surface area (Å²) in [6, 6.07) is 0. The Morgan fingerprint density at radius 2 is 2.00 bits per heavy atom. The van der Waals surface area contributed by atoms with Crippen molar-refractivity contribution in [3.63, 3.8) is 0 Å². The number of rotatable bonds is 0. The van der Waals surface area contributed by atoms with Gasteiger partial charge in [0.2, 0.25) is 0 Å². The maximum absolute atomic E-state index is 10.9. The van der Waals surface area contributed by atoms with Crippen molar-refractivity contribution in [2.75, 3.05) is 0 Å². The molecule has 1 atom stereocenters. The second-order valence-electron chi connectivity index (χ2n) is 0.519. The molecule has 2 heteroatoms. The van der Waals surface area contributed by atoms with E-state index in [4.69, 9.17) is 0 Å². The first-order valence-corrected chi connectivity index (χ1v) is 1.93. The first-order chi connectivity index (χ1) is 1.73. The van der Waals surface area contributed by atoms with E-state index in [1.165, 1.54) is 6.92 Å². The molecule has 4 heavy (non-hydrogen) atoms. The second-order valence-corrected chi connectivity index (χ2v) is 1.78.